The minimum atomic E-state index is 0. The van der Waals surface area contributed by atoms with Crippen LogP contribution in [0.25, 0.3) is 11.7 Å². The van der Waals surface area contributed by atoms with Crippen molar-refractivity contribution in [1.29, 1.82) is 0 Å². The van der Waals surface area contributed by atoms with Crippen LogP contribution in [-0.2, 0) is 11.2 Å². The van der Waals surface area contributed by atoms with Crippen LogP contribution in [0.15, 0.2) is 64.7 Å². The van der Waals surface area contributed by atoms with E-state index in [2.05, 4.69) is 50.4 Å². The number of piperidine rings is 1. The number of hydrogen-bond acceptors (Lipinski definition) is 4. The van der Waals surface area contributed by atoms with Crippen molar-refractivity contribution >= 4 is 54.2 Å². The van der Waals surface area contributed by atoms with E-state index in [9.17, 15) is 4.79 Å². The van der Waals surface area contributed by atoms with Gasteiger partial charge >= 0.3 is 0 Å². The van der Waals surface area contributed by atoms with E-state index in [1.54, 1.807) is 0 Å². The Balaban J connectivity index is 0.00000153. The number of imidazole rings is 1. The van der Waals surface area contributed by atoms with E-state index < -0.39 is 0 Å². The smallest absolute Gasteiger partial charge is 0.258 e. The Hall–Kier alpha value is -1.99. The number of nitrogens with one attached hydrogen (secondary N) is 2. The number of aromatic nitrogens is 2. The maximum absolute atomic E-state index is 13.3. The molecule has 4 heterocycles. The van der Waals surface area contributed by atoms with Crippen molar-refractivity contribution in [3.05, 3.63) is 70.9 Å². The number of halogens is 2. The maximum atomic E-state index is 13.3. The fourth-order valence-corrected chi connectivity index (χ4v) is 5.60. The van der Waals surface area contributed by atoms with Gasteiger partial charge < -0.3 is 10.6 Å². The number of aryl methyl sites for hydroxylation is 1. The number of carbonyl (C=O) groups excluding carboxylic acids is 1. The summed E-state index contributed by atoms with van der Waals surface area (Å²) >= 11 is 1.52. The van der Waals surface area contributed by atoms with Gasteiger partial charge in [0.2, 0.25) is 0 Å². The second kappa shape index (κ2) is 11.9. The van der Waals surface area contributed by atoms with Crippen molar-refractivity contribution in [2.45, 2.75) is 55.6 Å². The summed E-state index contributed by atoms with van der Waals surface area (Å²) in [6, 6.07) is 17.1. The van der Waals surface area contributed by atoms with E-state index in [-0.39, 0.29) is 36.8 Å². The summed E-state index contributed by atoms with van der Waals surface area (Å²) in [7, 11) is 0. The first-order valence-corrected chi connectivity index (χ1v) is 12.0. The molecule has 33 heavy (non-hydrogen) atoms. The molecule has 176 valence electrons. The molecule has 0 aliphatic carbocycles. The molecule has 1 saturated heterocycles. The Morgan fingerprint density at radius 1 is 1.15 bits per heavy atom. The van der Waals surface area contributed by atoms with Crippen molar-refractivity contribution in [2.75, 3.05) is 6.54 Å². The highest BCUT2D eigenvalue weighted by atomic mass is 35.5. The van der Waals surface area contributed by atoms with E-state index in [1.165, 1.54) is 30.2 Å². The highest BCUT2D eigenvalue weighted by Crippen LogP contribution is 2.34. The lowest BCUT2D eigenvalue weighted by Gasteiger charge is -2.32. The molecule has 1 aromatic carbocycles. The number of pyridine rings is 1. The third kappa shape index (κ3) is 5.93. The molecule has 1 amide bonds. The van der Waals surface area contributed by atoms with Crippen molar-refractivity contribution in [3.8, 4) is 0 Å². The minimum Gasteiger partial charge on any atom is -0.347 e. The first-order chi connectivity index (χ1) is 15.3. The molecule has 2 N–H and O–H groups in total. The molecule has 5 nitrogen and oxygen atoms in total. The van der Waals surface area contributed by atoms with Crippen molar-refractivity contribution in [1.82, 2.24) is 20.0 Å². The number of rotatable bonds is 7. The van der Waals surface area contributed by atoms with Crippen LogP contribution in [0, 0.1) is 0 Å². The molecule has 2 aliphatic heterocycles. The Morgan fingerprint density at radius 2 is 2.00 bits per heavy atom. The molecule has 5 rings (SSSR count). The van der Waals surface area contributed by atoms with Gasteiger partial charge in [-0.1, -0.05) is 54.6 Å². The second-order valence-corrected chi connectivity index (χ2v) is 9.43. The highest BCUT2D eigenvalue weighted by Gasteiger charge is 2.27. The monoisotopic (exact) mass is 504 g/mol. The SMILES string of the molecule is Cl.Cl.O=C(NC(CCCc1ccccc1)C1CCCCN1)C1=Cc2cnc3cccc(n23)S1. The quantitative estimate of drug-likeness (QED) is 0.459. The second-order valence-electron chi connectivity index (χ2n) is 8.37. The largest absolute Gasteiger partial charge is 0.347 e. The summed E-state index contributed by atoms with van der Waals surface area (Å²) in [4.78, 5) is 18.5. The fourth-order valence-electron chi connectivity index (χ4n) is 4.61. The van der Waals surface area contributed by atoms with Crippen LogP contribution in [0.4, 0.5) is 0 Å². The van der Waals surface area contributed by atoms with Gasteiger partial charge in [0, 0.05) is 12.1 Å². The van der Waals surface area contributed by atoms with Gasteiger partial charge in [-0.05, 0) is 62.4 Å². The first-order valence-electron chi connectivity index (χ1n) is 11.2. The zero-order chi connectivity index (χ0) is 21.0. The molecular weight excluding hydrogens is 475 g/mol. The van der Waals surface area contributed by atoms with Crippen LogP contribution in [0.5, 0.6) is 0 Å². The zero-order valence-electron chi connectivity index (χ0n) is 18.4. The predicted octanol–water partition coefficient (Wildman–Crippen LogP) is 5.27. The molecule has 1 fully saturated rings. The van der Waals surface area contributed by atoms with Crippen LogP contribution in [0.1, 0.15) is 43.4 Å². The number of carbonyl (C=O) groups is 1. The third-order valence-electron chi connectivity index (χ3n) is 6.21. The van der Waals surface area contributed by atoms with E-state index >= 15 is 0 Å². The molecule has 3 aromatic rings. The summed E-state index contributed by atoms with van der Waals surface area (Å²) in [5.74, 6) is 0.0199. The number of amides is 1. The Kier molecular flexibility index (Phi) is 9.27. The number of nitrogens with zero attached hydrogens (tertiary/aromatic N) is 2. The molecule has 0 spiro atoms. The summed E-state index contributed by atoms with van der Waals surface area (Å²) < 4.78 is 2.10. The molecule has 8 heteroatoms. The number of hydrogen-bond donors (Lipinski definition) is 2. The van der Waals surface area contributed by atoms with Crippen molar-refractivity contribution in [3.63, 3.8) is 0 Å². The molecule has 2 unspecified atom stereocenters. The van der Waals surface area contributed by atoms with Crippen molar-refractivity contribution < 1.29 is 4.79 Å². The average molecular weight is 506 g/mol. The van der Waals surface area contributed by atoms with Gasteiger partial charge in [-0.2, -0.15) is 0 Å². The highest BCUT2D eigenvalue weighted by molar-refractivity contribution is 8.04. The van der Waals surface area contributed by atoms with Gasteiger partial charge in [0.15, 0.2) is 0 Å². The summed E-state index contributed by atoms with van der Waals surface area (Å²) in [5.41, 5.74) is 3.24. The van der Waals surface area contributed by atoms with Crippen molar-refractivity contribution in [2.24, 2.45) is 0 Å². The van der Waals surface area contributed by atoms with Crippen LogP contribution >= 0.6 is 36.6 Å². The predicted molar refractivity (Wildman–Crippen MR) is 140 cm³/mol. The molecule has 0 bridgehead atoms. The van der Waals surface area contributed by atoms with Gasteiger partial charge in [-0.25, -0.2) is 4.98 Å². The van der Waals surface area contributed by atoms with E-state index in [0.717, 1.165) is 53.5 Å². The van der Waals surface area contributed by atoms with Crippen LogP contribution in [-0.4, -0.2) is 33.9 Å². The van der Waals surface area contributed by atoms with Crippen LogP contribution in [0.2, 0.25) is 0 Å². The number of benzene rings is 1. The molecular formula is C25H30Cl2N4OS. The van der Waals surface area contributed by atoms with E-state index in [4.69, 9.17) is 0 Å². The Labute approximate surface area is 211 Å². The van der Waals surface area contributed by atoms with E-state index in [1.807, 2.05) is 30.5 Å². The van der Waals surface area contributed by atoms with Gasteiger partial charge in [0.1, 0.15) is 5.65 Å². The fraction of sp³-hybridized carbons (Fsp3) is 0.360. The lowest BCUT2D eigenvalue weighted by atomic mass is 9.93. The third-order valence-corrected chi connectivity index (χ3v) is 7.26. The zero-order valence-corrected chi connectivity index (χ0v) is 20.9. The van der Waals surface area contributed by atoms with Crippen LogP contribution < -0.4 is 10.6 Å². The lowest BCUT2D eigenvalue weighted by molar-refractivity contribution is -0.117. The maximum Gasteiger partial charge on any atom is 0.258 e. The first kappa shape index (κ1) is 25.6. The lowest BCUT2D eigenvalue weighted by Crippen LogP contribution is -2.52. The molecule has 2 aromatic heterocycles. The number of thioether (sulfide) groups is 1. The van der Waals surface area contributed by atoms with E-state index in [0.29, 0.717) is 6.04 Å². The molecule has 2 aliphatic rings. The minimum absolute atomic E-state index is 0. The summed E-state index contributed by atoms with van der Waals surface area (Å²) in [5, 5.41) is 8.06. The molecule has 0 saturated carbocycles. The standard InChI is InChI=1S/C25H28N4OS.2ClH/c30-25(22-16-19-17-27-23-13-7-14-24(31-22)29(19)23)28-21(20-11-4-5-15-26-20)12-6-10-18-8-2-1-3-9-18;;/h1-3,7-9,13-14,16-17,20-21,26H,4-6,10-12,15H2,(H,28,30);2*1H. The Morgan fingerprint density at radius 3 is 2.79 bits per heavy atom. The normalized spacial score (nSPS) is 17.9. The topological polar surface area (TPSA) is 58.4 Å². The molecule has 2 atom stereocenters. The summed E-state index contributed by atoms with van der Waals surface area (Å²) in [6.07, 6.45) is 10.4. The molecule has 0 radical (unpaired) electrons. The summed E-state index contributed by atoms with van der Waals surface area (Å²) in [6.45, 7) is 1.04. The van der Waals surface area contributed by atoms with Crippen LogP contribution in [0.3, 0.4) is 0 Å². The van der Waals surface area contributed by atoms with Gasteiger partial charge in [0.25, 0.3) is 5.91 Å². The average Bonchev–Trinajstić information content (AvgIpc) is 3.24. The Bertz CT molecular complexity index is 1100. The van der Waals surface area contributed by atoms with Gasteiger partial charge in [-0.15, -0.1) is 24.8 Å². The van der Waals surface area contributed by atoms with Gasteiger partial charge in [-0.3, -0.25) is 9.20 Å². The van der Waals surface area contributed by atoms with Gasteiger partial charge in [0.05, 0.1) is 21.8 Å².